The van der Waals surface area contributed by atoms with Gasteiger partial charge >= 0.3 is 5.97 Å². The van der Waals surface area contributed by atoms with Gasteiger partial charge in [0, 0.05) is 13.2 Å². The first-order valence-electron chi connectivity index (χ1n) is 4.48. The van der Waals surface area contributed by atoms with Crippen molar-refractivity contribution in [1.82, 2.24) is 14.8 Å². The van der Waals surface area contributed by atoms with E-state index >= 15 is 0 Å². The van der Waals surface area contributed by atoms with Crippen molar-refractivity contribution in [3.8, 4) is 11.4 Å². The van der Waals surface area contributed by atoms with Gasteiger partial charge in [-0.2, -0.15) is 5.10 Å². The standard InChI is InChI=1S/C10H8ClN3O2/c1-14-5-4-8(13-14)7-3-2-6(11)9(12-7)10(15)16/h2-5H,1H3,(H,15,16). The summed E-state index contributed by atoms with van der Waals surface area (Å²) >= 11 is 5.71. The van der Waals surface area contributed by atoms with Crippen LogP contribution in [0.5, 0.6) is 0 Å². The van der Waals surface area contributed by atoms with Gasteiger partial charge in [-0.15, -0.1) is 0 Å². The number of carboxylic acid groups (broad SMARTS) is 1. The Labute approximate surface area is 96.3 Å². The fourth-order valence-electron chi connectivity index (χ4n) is 1.29. The Morgan fingerprint density at radius 3 is 2.69 bits per heavy atom. The SMILES string of the molecule is Cn1ccc(-c2ccc(Cl)c(C(=O)O)n2)n1. The summed E-state index contributed by atoms with van der Waals surface area (Å²) in [6, 6.07) is 4.89. The third-order valence-corrected chi connectivity index (χ3v) is 2.33. The minimum atomic E-state index is -1.15. The number of nitrogens with zero attached hydrogens (tertiary/aromatic N) is 3. The number of aryl methyl sites for hydroxylation is 1. The summed E-state index contributed by atoms with van der Waals surface area (Å²) < 4.78 is 1.62. The number of hydrogen-bond donors (Lipinski definition) is 1. The number of carboxylic acids is 1. The van der Waals surface area contributed by atoms with Crippen LogP contribution in [0.1, 0.15) is 10.5 Å². The molecule has 0 aromatic carbocycles. The first-order chi connectivity index (χ1) is 7.58. The minimum Gasteiger partial charge on any atom is -0.476 e. The van der Waals surface area contributed by atoms with Crippen molar-refractivity contribution in [2.24, 2.45) is 7.05 Å². The number of halogens is 1. The molecule has 0 aliphatic heterocycles. The van der Waals surface area contributed by atoms with Gasteiger partial charge in [-0.25, -0.2) is 9.78 Å². The van der Waals surface area contributed by atoms with Crippen LogP contribution in [0.3, 0.4) is 0 Å². The Morgan fingerprint density at radius 2 is 2.12 bits per heavy atom. The van der Waals surface area contributed by atoms with Crippen LogP contribution in [-0.2, 0) is 7.05 Å². The molecule has 2 aromatic rings. The zero-order valence-corrected chi connectivity index (χ0v) is 9.14. The lowest BCUT2D eigenvalue weighted by molar-refractivity contribution is 0.0691. The second-order valence-electron chi connectivity index (χ2n) is 3.21. The molecular weight excluding hydrogens is 230 g/mol. The molecule has 1 N–H and O–H groups in total. The molecule has 2 heterocycles. The van der Waals surface area contributed by atoms with E-state index in [0.29, 0.717) is 11.4 Å². The molecule has 0 saturated heterocycles. The van der Waals surface area contributed by atoms with Crippen LogP contribution < -0.4 is 0 Å². The number of rotatable bonds is 2. The molecule has 0 saturated carbocycles. The van der Waals surface area contributed by atoms with Gasteiger partial charge in [0.15, 0.2) is 5.69 Å². The molecular formula is C10H8ClN3O2. The molecule has 6 heteroatoms. The Morgan fingerprint density at radius 1 is 1.38 bits per heavy atom. The van der Waals surface area contributed by atoms with Crippen molar-refractivity contribution in [2.45, 2.75) is 0 Å². The van der Waals surface area contributed by atoms with Gasteiger partial charge in [0.25, 0.3) is 0 Å². The molecule has 0 aliphatic carbocycles. The summed E-state index contributed by atoms with van der Waals surface area (Å²) in [7, 11) is 1.78. The molecule has 2 rings (SSSR count). The second kappa shape index (κ2) is 3.94. The van der Waals surface area contributed by atoms with E-state index in [9.17, 15) is 4.79 Å². The van der Waals surface area contributed by atoms with E-state index in [2.05, 4.69) is 10.1 Å². The minimum absolute atomic E-state index is 0.118. The summed E-state index contributed by atoms with van der Waals surface area (Å²) in [6.45, 7) is 0. The normalized spacial score (nSPS) is 10.4. The van der Waals surface area contributed by atoms with Gasteiger partial charge in [0.1, 0.15) is 5.69 Å². The van der Waals surface area contributed by atoms with E-state index in [0.717, 1.165) is 0 Å². The van der Waals surface area contributed by atoms with Crippen LogP contribution in [0.2, 0.25) is 5.02 Å². The van der Waals surface area contributed by atoms with Crippen molar-refractivity contribution in [1.29, 1.82) is 0 Å². The lowest BCUT2D eigenvalue weighted by atomic mass is 10.2. The first-order valence-corrected chi connectivity index (χ1v) is 4.85. The number of aromatic carboxylic acids is 1. The maximum atomic E-state index is 10.8. The third kappa shape index (κ3) is 1.90. The summed E-state index contributed by atoms with van der Waals surface area (Å²) in [5.74, 6) is -1.15. The summed E-state index contributed by atoms with van der Waals surface area (Å²) in [5.41, 5.74) is 0.939. The van der Waals surface area contributed by atoms with Crippen LogP contribution in [-0.4, -0.2) is 25.8 Å². The zero-order valence-electron chi connectivity index (χ0n) is 8.38. The number of pyridine rings is 1. The van der Waals surface area contributed by atoms with E-state index < -0.39 is 5.97 Å². The van der Waals surface area contributed by atoms with Crippen molar-refractivity contribution < 1.29 is 9.90 Å². The highest BCUT2D eigenvalue weighted by Crippen LogP contribution is 2.20. The number of hydrogen-bond acceptors (Lipinski definition) is 3. The molecule has 0 atom stereocenters. The van der Waals surface area contributed by atoms with Crippen molar-refractivity contribution in [2.75, 3.05) is 0 Å². The van der Waals surface area contributed by atoms with Gasteiger partial charge in [0.05, 0.1) is 10.7 Å². The van der Waals surface area contributed by atoms with Crippen molar-refractivity contribution >= 4 is 17.6 Å². The molecule has 82 valence electrons. The van der Waals surface area contributed by atoms with Crippen molar-refractivity contribution in [3.63, 3.8) is 0 Å². The first kappa shape index (κ1) is 10.6. The van der Waals surface area contributed by atoms with Crippen LogP contribution >= 0.6 is 11.6 Å². The van der Waals surface area contributed by atoms with E-state index in [1.807, 2.05) is 0 Å². The average molecular weight is 238 g/mol. The highest BCUT2D eigenvalue weighted by molar-refractivity contribution is 6.33. The maximum absolute atomic E-state index is 10.8. The Bertz CT molecular complexity index is 551. The number of aromatic nitrogens is 3. The Hall–Kier alpha value is -1.88. The maximum Gasteiger partial charge on any atom is 0.356 e. The topological polar surface area (TPSA) is 68.0 Å². The molecule has 0 bridgehead atoms. The quantitative estimate of drug-likeness (QED) is 0.865. The second-order valence-corrected chi connectivity index (χ2v) is 3.61. The average Bonchev–Trinajstić information content (AvgIpc) is 2.65. The van der Waals surface area contributed by atoms with Gasteiger partial charge in [0.2, 0.25) is 0 Å². The van der Waals surface area contributed by atoms with Crippen LogP contribution in [0.4, 0.5) is 0 Å². The van der Waals surface area contributed by atoms with Crippen molar-refractivity contribution in [3.05, 3.63) is 35.1 Å². The van der Waals surface area contributed by atoms with Gasteiger partial charge in [-0.05, 0) is 18.2 Å². The molecule has 0 spiro atoms. The molecule has 0 radical (unpaired) electrons. The van der Waals surface area contributed by atoms with Gasteiger partial charge < -0.3 is 5.11 Å². The van der Waals surface area contributed by atoms with Crippen LogP contribution in [0.15, 0.2) is 24.4 Å². The molecule has 0 amide bonds. The predicted octanol–water partition coefficient (Wildman–Crippen LogP) is 1.83. The lowest BCUT2D eigenvalue weighted by Gasteiger charge is -2.00. The van der Waals surface area contributed by atoms with E-state index in [1.54, 1.807) is 30.1 Å². The fraction of sp³-hybridized carbons (Fsp3) is 0.100. The summed E-state index contributed by atoms with van der Waals surface area (Å²) in [6.07, 6.45) is 1.76. The van der Waals surface area contributed by atoms with E-state index in [4.69, 9.17) is 16.7 Å². The zero-order chi connectivity index (χ0) is 11.7. The predicted molar refractivity (Wildman–Crippen MR) is 58.4 cm³/mol. The monoisotopic (exact) mass is 237 g/mol. The van der Waals surface area contributed by atoms with Gasteiger partial charge in [-0.1, -0.05) is 11.6 Å². The fourth-order valence-corrected chi connectivity index (χ4v) is 1.47. The van der Waals surface area contributed by atoms with Crippen LogP contribution in [0, 0.1) is 0 Å². The molecule has 2 aromatic heterocycles. The lowest BCUT2D eigenvalue weighted by Crippen LogP contribution is -2.02. The third-order valence-electron chi connectivity index (χ3n) is 2.02. The Kier molecular flexibility index (Phi) is 2.62. The largest absolute Gasteiger partial charge is 0.476 e. The molecule has 0 unspecified atom stereocenters. The van der Waals surface area contributed by atoms with Crippen LogP contribution in [0.25, 0.3) is 11.4 Å². The number of carbonyl (C=O) groups is 1. The smallest absolute Gasteiger partial charge is 0.356 e. The van der Waals surface area contributed by atoms with E-state index in [1.165, 1.54) is 6.07 Å². The molecule has 0 aliphatic rings. The summed E-state index contributed by atoms with van der Waals surface area (Å²) in [4.78, 5) is 14.8. The Balaban J connectivity index is 2.51. The molecule has 0 fully saturated rings. The summed E-state index contributed by atoms with van der Waals surface area (Å²) in [5, 5.41) is 13.1. The highest BCUT2D eigenvalue weighted by Gasteiger charge is 2.13. The van der Waals surface area contributed by atoms with E-state index in [-0.39, 0.29) is 10.7 Å². The molecule has 16 heavy (non-hydrogen) atoms. The highest BCUT2D eigenvalue weighted by atomic mass is 35.5. The van der Waals surface area contributed by atoms with Gasteiger partial charge in [-0.3, -0.25) is 4.68 Å². The molecule has 5 nitrogen and oxygen atoms in total.